The summed E-state index contributed by atoms with van der Waals surface area (Å²) in [7, 11) is 0. The molecule has 0 radical (unpaired) electrons. The fourth-order valence-corrected chi connectivity index (χ4v) is 2.29. The number of amidine groups is 1. The topological polar surface area (TPSA) is 90.0 Å². The maximum atomic E-state index is 8.89. The molecule has 1 heterocycles. The molecule has 0 atom stereocenters. The summed E-state index contributed by atoms with van der Waals surface area (Å²) in [4.78, 5) is 4.51. The van der Waals surface area contributed by atoms with E-state index in [2.05, 4.69) is 10.1 Å². The minimum atomic E-state index is -0.205. The van der Waals surface area contributed by atoms with Crippen molar-refractivity contribution >= 4 is 5.84 Å². The highest BCUT2D eigenvalue weighted by atomic mass is 16.5. The second-order valence-electron chi connectivity index (χ2n) is 6.09. The molecule has 0 bridgehead atoms. The van der Waals surface area contributed by atoms with Crippen LogP contribution < -0.4 is 10.5 Å². The summed E-state index contributed by atoms with van der Waals surface area (Å²) in [6, 6.07) is 1.91. The Kier molecular flexibility index (Phi) is 4.67. The van der Waals surface area contributed by atoms with Gasteiger partial charge in [-0.05, 0) is 51.7 Å². The highest BCUT2D eigenvalue weighted by Crippen LogP contribution is 2.26. The lowest BCUT2D eigenvalue weighted by atomic mass is 10.1. The molecule has 0 aromatic carbocycles. The number of nitrogens with two attached hydrogens (primary N) is 1. The molecule has 1 aliphatic rings. The van der Waals surface area contributed by atoms with Crippen molar-refractivity contribution in [2.75, 3.05) is 13.2 Å². The normalized spacial score (nSPS) is 15.1. The Morgan fingerprint density at radius 1 is 1.38 bits per heavy atom. The van der Waals surface area contributed by atoms with Crippen LogP contribution in [-0.4, -0.2) is 34.8 Å². The summed E-state index contributed by atoms with van der Waals surface area (Å²) in [5, 5.41) is 11.9. The monoisotopic (exact) mass is 293 g/mol. The first kappa shape index (κ1) is 15.6. The van der Waals surface area contributed by atoms with Gasteiger partial charge in [0.1, 0.15) is 6.61 Å². The molecule has 3 N–H and O–H groups in total. The van der Waals surface area contributed by atoms with Crippen molar-refractivity contribution in [3.63, 3.8) is 0 Å². The van der Waals surface area contributed by atoms with Crippen LogP contribution in [0.2, 0.25) is 0 Å². The number of pyridine rings is 1. The van der Waals surface area contributed by atoms with Crippen LogP contribution in [0.4, 0.5) is 0 Å². The van der Waals surface area contributed by atoms with Gasteiger partial charge in [-0.1, -0.05) is 5.16 Å². The Morgan fingerprint density at radius 2 is 2.14 bits per heavy atom. The van der Waals surface area contributed by atoms with Crippen molar-refractivity contribution in [1.82, 2.24) is 4.98 Å². The van der Waals surface area contributed by atoms with E-state index < -0.39 is 0 Å². The number of ether oxygens (including phenoxy) is 2. The third-order valence-electron chi connectivity index (χ3n) is 3.26. The molecule has 0 saturated carbocycles. The van der Waals surface area contributed by atoms with Gasteiger partial charge in [0, 0.05) is 5.69 Å². The van der Waals surface area contributed by atoms with E-state index in [1.807, 2.05) is 26.8 Å². The molecule has 0 saturated heterocycles. The van der Waals surface area contributed by atoms with E-state index in [4.69, 9.17) is 20.4 Å². The number of aryl methyl sites for hydroxylation is 2. The predicted octanol–water partition coefficient (Wildman–Crippen LogP) is 1.86. The number of rotatable bonds is 5. The lowest BCUT2D eigenvalue weighted by Crippen LogP contribution is -2.23. The van der Waals surface area contributed by atoms with Gasteiger partial charge >= 0.3 is 0 Å². The number of nitrogens with zero attached hydrogens (tertiary/aromatic N) is 2. The predicted molar refractivity (Wildman–Crippen MR) is 80.0 cm³/mol. The molecule has 6 heteroatoms. The minimum Gasteiger partial charge on any atom is -0.475 e. The summed E-state index contributed by atoms with van der Waals surface area (Å²) in [6.45, 7) is 6.79. The zero-order valence-electron chi connectivity index (χ0n) is 12.8. The Morgan fingerprint density at radius 3 is 2.81 bits per heavy atom. The van der Waals surface area contributed by atoms with E-state index in [0.29, 0.717) is 24.7 Å². The van der Waals surface area contributed by atoms with Crippen LogP contribution >= 0.6 is 0 Å². The third kappa shape index (κ3) is 4.07. The van der Waals surface area contributed by atoms with Crippen LogP contribution in [0.5, 0.6) is 5.88 Å². The second-order valence-corrected chi connectivity index (χ2v) is 6.09. The second kappa shape index (κ2) is 6.30. The van der Waals surface area contributed by atoms with Crippen LogP contribution in [0.25, 0.3) is 0 Å². The zero-order chi connectivity index (χ0) is 15.5. The molecule has 2 rings (SSSR count). The summed E-state index contributed by atoms with van der Waals surface area (Å²) < 4.78 is 11.3. The maximum absolute atomic E-state index is 8.89. The first-order valence-corrected chi connectivity index (χ1v) is 7.18. The van der Waals surface area contributed by atoms with Crippen molar-refractivity contribution < 1.29 is 14.7 Å². The van der Waals surface area contributed by atoms with Gasteiger partial charge in [0.15, 0.2) is 5.84 Å². The Bertz CT molecular complexity index is 536. The van der Waals surface area contributed by atoms with Crippen LogP contribution in [0, 0.1) is 0 Å². The standard InChI is InChI=1S/C15H23N3O3/c1-15(2,3)21-8-7-20-14-11(13(16)18-19)9-10-5-4-6-12(10)17-14/h9,19H,4-8H2,1-3H3,(H2,16,18). The highest BCUT2D eigenvalue weighted by molar-refractivity contribution is 5.99. The average molecular weight is 293 g/mol. The van der Waals surface area contributed by atoms with Crippen LogP contribution in [0.3, 0.4) is 0 Å². The summed E-state index contributed by atoms with van der Waals surface area (Å²) in [5.41, 5.74) is 8.23. The van der Waals surface area contributed by atoms with Crippen molar-refractivity contribution in [1.29, 1.82) is 0 Å². The van der Waals surface area contributed by atoms with Crippen LogP contribution in [0.1, 0.15) is 44.0 Å². The van der Waals surface area contributed by atoms with E-state index >= 15 is 0 Å². The van der Waals surface area contributed by atoms with Gasteiger partial charge in [-0.2, -0.15) is 0 Å². The van der Waals surface area contributed by atoms with E-state index in [1.165, 1.54) is 0 Å². The largest absolute Gasteiger partial charge is 0.475 e. The highest BCUT2D eigenvalue weighted by Gasteiger charge is 2.19. The van der Waals surface area contributed by atoms with Crippen LogP contribution in [-0.2, 0) is 17.6 Å². The third-order valence-corrected chi connectivity index (χ3v) is 3.26. The summed E-state index contributed by atoms with van der Waals surface area (Å²) >= 11 is 0. The molecule has 1 aliphatic carbocycles. The van der Waals surface area contributed by atoms with E-state index in [1.54, 1.807) is 0 Å². The number of fused-ring (bicyclic) bond motifs is 1. The SMILES string of the molecule is CC(C)(C)OCCOc1nc2c(cc1C(N)=NO)CCC2. The molecule has 6 nitrogen and oxygen atoms in total. The molecule has 0 spiro atoms. The van der Waals surface area contributed by atoms with Crippen molar-refractivity contribution in [2.45, 2.75) is 45.6 Å². The molecule has 0 unspecified atom stereocenters. The Balaban J connectivity index is 2.10. The number of hydrogen-bond donors (Lipinski definition) is 2. The van der Waals surface area contributed by atoms with E-state index in [9.17, 15) is 0 Å². The molecule has 0 amide bonds. The fourth-order valence-electron chi connectivity index (χ4n) is 2.29. The van der Waals surface area contributed by atoms with Gasteiger partial charge in [-0.15, -0.1) is 0 Å². The zero-order valence-corrected chi connectivity index (χ0v) is 12.8. The molecule has 0 aliphatic heterocycles. The first-order valence-electron chi connectivity index (χ1n) is 7.18. The smallest absolute Gasteiger partial charge is 0.224 e. The fraction of sp³-hybridized carbons (Fsp3) is 0.600. The van der Waals surface area contributed by atoms with Gasteiger partial charge in [-0.3, -0.25) is 0 Å². The minimum absolute atomic E-state index is 0.0175. The Labute approximate surface area is 125 Å². The maximum Gasteiger partial charge on any atom is 0.224 e. The van der Waals surface area contributed by atoms with E-state index in [0.717, 1.165) is 30.5 Å². The summed E-state index contributed by atoms with van der Waals surface area (Å²) in [5.74, 6) is 0.424. The molecule has 21 heavy (non-hydrogen) atoms. The van der Waals surface area contributed by atoms with Crippen molar-refractivity contribution in [3.8, 4) is 5.88 Å². The molecule has 0 fully saturated rings. The van der Waals surface area contributed by atoms with Gasteiger partial charge < -0.3 is 20.4 Å². The van der Waals surface area contributed by atoms with Gasteiger partial charge in [0.2, 0.25) is 5.88 Å². The van der Waals surface area contributed by atoms with E-state index in [-0.39, 0.29) is 11.4 Å². The first-order chi connectivity index (χ1) is 9.90. The number of aromatic nitrogens is 1. The summed E-state index contributed by atoms with van der Waals surface area (Å²) in [6.07, 6.45) is 3.00. The average Bonchev–Trinajstić information content (AvgIpc) is 2.87. The lowest BCUT2D eigenvalue weighted by molar-refractivity contribution is -0.0168. The number of hydrogen-bond acceptors (Lipinski definition) is 5. The lowest BCUT2D eigenvalue weighted by Gasteiger charge is -2.19. The molecule has 116 valence electrons. The number of oxime groups is 1. The Hall–Kier alpha value is -1.82. The van der Waals surface area contributed by atoms with Gasteiger partial charge in [0.25, 0.3) is 0 Å². The molecular weight excluding hydrogens is 270 g/mol. The molecule has 1 aromatic heterocycles. The van der Waals surface area contributed by atoms with Crippen molar-refractivity contribution in [3.05, 3.63) is 22.9 Å². The van der Waals surface area contributed by atoms with Crippen LogP contribution in [0.15, 0.2) is 11.2 Å². The van der Waals surface area contributed by atoms with Gasteiger partial charge in [0.05, 0.1) is 17.8 Å². The van der Waals surface area contributed by atoms with Gasteiger partial charge in [-0.25, -0.2) is 4.98 Å². The quantitative estimate of drug-likeness (QED) is 0.284. The van der Waals surface area contributed by atoms with Crippen molar-refractivity contribution in [2.24, 2.45) is 10.9 Å². The molecular formula is C15H23N3O3. The molecule has 1 aromatic rings.